The van der Waals surface area contributed by atoms with Gasteiger partial charge >= 0.3 is 0 Å². The summed E-state index contributed by atoms with van der Waals surface area (Å²) in [6.07, 6.45) is 0.419. The first-order valence-corrected chi connectivity index (χ1v) is 12.6. The second-order valence-electron chi connectivity index (χ2n) is 10.1. The Morgan fingerprint density at radius 3 is 2.25 bits per heavy atom. The fourth-order valence-electron chi connectivity index (χ4n) is 4.29. The molecule has 0 aliphatic carbocycles. The van der Waals surface area contributed by atoms with E-state index >= 15 is 0 Å². The fraction of sp³-hybridized carbons (Fsp3) is 0.355. The van der Waals surface area contributed by atoms with Gasteiger partial charge < -0.3 is 15.0 Å². The third-order valence-electron chi connectivity index (χ3n) is 6.10. The molecular formula is C31H38N2O3. The Morgan fingerprint density at radius 2 is 1.58 bits per heavy atom. The van der Waals surface area contributed by atoms with E-state index in [9.17, 15) is 9.59 Å². The van der Waals surface area contributed by atoms with E-state index in [-0.39, 0.29) is 23.8 Å². The second-order valence-corrected chi connectivity index (χ2v) is 10.1. The van der Waals surface area contributed by atoms with Crippen LogP contribution in [0, 0.1) is 6.92 Å². The first-order chi connectivity index (χ1) is 17.2. The van der Waals surface area contributed by atoms with Gasteiger partial charge in [0.2, 0.25) is 5.91 Å². The number of hydrogen-bond acceptors (Lipinski definition) is 3. The maximum absolute atomic E-state index is 13.7. The van der Waals surface area contributed by atoms with Gasteiger partial charge in [-0.2, -0.15) is 0 Å². The lowest BCUT2D eigenvalue weighted by Gasteiger charge is -2.32. The summed E-state index contributed by atoms with van der Waals surface area (Å²) in [5.41, 5.74) is 3.98. The van der Waals surface area contributed by atoms with Crippen LogP contribution in [0.2, 0.25) is 0 Å². The largest absolute Gasteiger partial charge is 0.483 e. The monoisotopic (exact) mass is 486 g/mol. The molecule has 5 nitrogen and oxygen atoms in total. The van der Waals surface area contributed by atoms with Gasteiger partial charge in [0.1, 0.15) is 11.8 Å². The van der Waals surface area contributed by atoms with E-state index in [1.807, 2.05) is 92.7 Å². The van der Waals surface area contributed by atoms with E-state index in [1.54, 1.807) is 4.90 Å². The molecule has 0 spiro atoms. The number of nitrogens with zero attached hydrogens (tertiary/aromatic N) is 1. The highest BCUT2D eigenvalue weighted by Gasteiger charge is 2.31. The summed E-state index contributed by atoms with van der Waals surface area (Å²) >= 11 is 0. The zero-order chi connectivity index (χ0) is 26.1. The average molecular weight is 487 g/mol. The van der Waals surface area contributed by atoms with Crippen LogP contribution < -0.4 is 10.1 Å². The number of rotatable bonds is 10. The van der Waals surface area contributed by atoms with E-state index in [2.05, 4.69) is 26.1 Å². The number of nitrogens with one attached hydrogen (secondary N) is 1. The van der Waals surface area contributed by atoms with Crippen molar-refractivity contribution < 1.29 is 14.3 Å². The molecule has 0 heterocycles. The van der Waals surface area contributed by atoms with E-state index in [0.29, 0.717) is 25.3 Å². The van der Waals surface area contributed by atoms with Crippen LogP contribution in [0.3, 0.4) is 0 Å². The van der Waals surface area contributed by atoms with E-state index in [0.717, 1.165) is 22.3 Å². The van der Waals surface area contributed by atoms with Gasteiger partial charge in [-0.15, -0.1) is 0 Å². The number of ether oxygens (including phenoxy) is 1. The summed E-state index contributed by atoms with van der Waals surface area (Å²) in [7, 11) is 0. The molecule has 0 fully saturated rings. The Balaban J connectivity index is 1.92. The lowest BCUT2D eigenvalue weighted by atomic mass is 9.86. The molecule has 2 amide bonds. The third kappa shape index (κ3) is 7.45. The Morgan fingerprint density at radius 1 is 0.917 bits per heavy atom. The maximum Gasteiger partial charge on any atom is 0.261 e. The molecule has 36 heavy (non-hydrogen) atoms. The summed E-state index contributed by atoms with van der Waals surface area (Å²) in [6, 6.07) is 25.0. The maximum atomic E-state index is 13.7. The van der Waals surface area contributed by atoms with Gasteiger partial charge in [0.05, 0.1) is 0 Å². The van der Waals surface area contributed by atoms with Crippen molar-refractivity contribution in [2.75, 3.05) is 13.2 Å². The molecule has 0 saturated carbocycles. The molecule has 1 atom stereocenters. The van der Waals surface area contributed by atoms with Gasteiger partial charge in [0.15, 0.2) is 6.61 Å². The van der Waals surface area contributed by atoms with Crippen LogP contribution >= 0.6 is 0 Å². The minimum Gasteiger partial charge on any atom is -0.483 e. The standard InChI is InChI=1S/C31H38N2O3/c1-6-32-30(35)27(20-24-14-8-7-9-15-24)33(21-25-16-12-13-23(2)19-25)29(34)22-36-28-18-11-10-17-26(28)31(3,4)5/h7-19,27H,6,20-22H2,1-5H3,(H,32,35)/t27-/m0/s1. The van der Waals surface area contributed by atoms with Crippen molar-refractivity contribution in [2.45, 2.75) is 59.0 Å². The number of likely N-dealkylation sites (N-methyl/N-ethyl adjacent to an activating group) is 1. The molecule has 0 bridgehead atoms. The van der Waals surface area contributed by atoms with Crippen molar-refractivity contribution in [2.24, 2.45) is 0 Å². The molecule has 0 radical (unpaired) electrons. The molecule has 5 heteroatoms. The summed E-state index contributed by atoms with van der Waals surface area (Å²) in [5.74, 6) is 0.288. The predicted octanol–water partition coefficient (Wildman–Crippen LogP) is 5.45. The number of hydrogen-bond donors (Lipinski definition) is 1. The molecule has 0 aliphatic rings. The molecule has 1 N–H and O–H groups in total. The lowest BCUT2D eigenvalue weighted by Crippen LogP contribution is -2.51. The van der Waals surface area contributed by atoms with Crippen LogP contribution in [0.5, 0.6) is 5.75 Å². The Labute approximate surface area is 215 Å². The molecule has 0 aromatic heterocycles. The number of benzene rings is 3. The van der Waals surface area contributed by atoms with Crippen molar-refractivity contribution in [3.8, 4) is 5.75 Å². The van der Waals surface area contributed by atoms with Crippen molar-refractivity contribution in [3.63, 3.8) is 0 Å². The normalized spacial score (nSPS) is 12.0. The zero-order valence-electron chi connectivity index (χ0n) is 22.1. The smallest absolute Gasteiger partial charge is 0.261 e. The molecule has 0 unspecified atom stereocenters. The first-order valence-electron chi connectivity index (χ1n) is 12.6. The van der Waals surface area contributed by atoms with Crippen LogP contribution in [0.15, 0.2) is 78.9 Å². The van der Waals surface area contributed by atoms with Gasteiger partial charge in [0, 0.05) is 19.5 Å². The minimum absolute atomic E-state index is 0.127. The van der Waals surface area contributed by atoms with Crippen LogP contribution in [-0.2, 0) is 28.0 Å². The Hall–Kier alpha value is -3.60. The first kappa shape index (κ1) is 27.0. The third-order valence-corrected chi connectivity index (χ3v) is 6.10. The van der Waals surface area contributed by atoms with Gasteiger partial charge in [-0.3, -0.25) is 9.59 Å². The van der Waals surface area contributed by atoms with Crippen LogP contribution in [0.1, 0.15) is 49.9 Å². The second kappa shape index (κ2) is 12.4. The number of para-hydroxylation sites is 1. The van der Waals surface area contributed by atoms with E-state index in [1.165, 1.54) is 0 Å². The number of amides is 2. The zero-order valence-corrected chi connectivity index (χ0v) is 22.1. The highest BCUT2D eigenvalue weighted by Crippen LogP contribution is 2.31. The van der Waals surface area contributed by atoms with Crippen molar-refractivity contribution in [3.05, 3.63) is 101 Å². The highest BCUT2D eigenvalue weighted by atomic mass is 16.5. The minimum atomic E-state index is -0.665. The van der Waals surface area contributed by atoms with Crippen molar-refractivity contribution >= 4 is 11.8 Å². The average Bonchev–Trinajstić information content (AvgIpc) is 2.85. The summed E-state index contributed by atoms with van der Waals surface area (Å²) in [5, 5.41) is 2.93. The van der Waals surface area contributed by atoms with Gasteiger partial charge in [-0.1, -0.05) is 99.1 Å². The topological polar surface area (TPSA) is 58.6 Å². The van der Waals surface area contributed by atoms with Crippen molar-refractivity contribution in [1.82, 2.24) is 10.2 Å². The molecule has 0 saturated heterocycles. The SMILES string of the molecule is CCNC(=O)[C@H](Cc1ccccc1)N(Cc1cccc(C)c1)C(=O)COc1ccccc1C(C)(C)C. The molecule has 3 rings (SSSR count). The van der Waals surface area contributed by atoms with E-state index in [4.69, 9.17) is 4.74 Å². The predicted molar refractivity (Wildman–Crippen MR) is 145 cm³/mol. The van der Waals surface area contributed by atoms with Crippen LogP contribution in [0.25, 0.3) is 0 Å². The summed E-state index contributed by atoms with van der Waals surface area (Å²) in [4.78, 5) is 28.7. The van der Waals surface area contributed by atoms with Crippen molar-refractivity contribution in [1.29, 1.82) is 0 Å². The highest BCUT2D eigenvalue weighted by molar-refractivity contribution is 5.88. The number of aryl methyl sites for hydroxylation is 1. The molecule has 0 aliphatic heterocycles. The van der Waals surface area contributed by atoms with Gasteiger partial charge in [-0.25, -0.2) is 0 Å². The van der Waals surface area contributed by atoms with Crippen LogP contribution in [0.4, 0.5) is 0 Å². The fourth-order valence-corrected chi connectivity index (χ4v) is 4.29. The number of carbonyl (C=O) groups is 2. The lowest BCUT2D eigenvalue weighted by molar-refractivity contribution is -0.142. The molecule has 3 aromatic rings. The summed E-state index contributed by atoms with van der Waals surface area (Å²) < 4.78 is 6.09. The Bertz CT molecular complexity index is 1150. The molecule has 190 valence electrons. The quantitative estimate of drug-likeness (QED) is 0.415. The van der Waals surface area contributed by atoms with Crippen LogP contribution in [-0.4, -0.2) is 35.9 Å². The molecule has 3 aromatic carbocycles. The van der Waals surface area contributed by atoms with Gasteiger partial charge in [0.25, 0.3) is 5.91 Å². The Kier molecular flexibility index (Phi) is 9.29. The van der Waals surface area contributed by atoms with Gasteiger partial charge in [-0.05, 0) is 42.0 Å². The molecular weight excluding hydrogens is 448 g/mol. The summed E-state index contributed by atoms with van der Waals surface area (Å²) in [6.45, 7) is 10.9. The number of carbonyl (C=O) groups excluding carboxylic acids is 2. The van der Waals surface area contributed by atoms with E-state index < -0.39 is 6.04 Å².